The molecule has 3 heterocycles. The Morgan fingerprint density at radius 1 is 1.00 bits per heavy atom. The van der Waals surface area contributed by atoms with Gasteiger partial charge < -0.3 is 14.8 Å². The first-order chi connectivity index (χ1) is 11.7. The lowest BCUT2D eigenvalue weighted by molar-refractivity contribution is 0.648. The highest BCUT2D eigenvalue weighted by molar-refractivity contribution is 7.98. The van der Waals surface area contributed by atoms with E-state index in [1.165, 1.54) is 21.4 Å². The lowest BCUT2D eigenvalue weighted by Gasteiger charge is -2.36. The van der Waals surface area contributed by atoms with Crippen molar-refractivity contribution in [3.05, 3.63) is 42.6 Å². The summed E-state index contributed by atoms with van der Waals surface area (Å²) in [5.41, 5.74) is 3.55. The summed E-state index contributed by atoms with van der Waals surface area (Å²) in [5.74, 6) is 1.07. The minimum absolute atomic E-state index is 0.986. The number of aromatic nitrogens is 2. The van der Waals surface area contributed by atoms with E-state index in [0.29, 0.717) is 0 Å². The van der Waals surface area contributed by atoms with Gasteiger partial charge in [-0.1, -0.05) is 5.46 Å². The highest BCUT2D eigenvalue weighted by Crippen LogP contribution is 2.23. The molecule has 24 heavy (non-hydrogen) atoms. The van der Waals surface area contributed by atoms with E-state index in [1.54, 1.807) is 11.8 Å². The zero-order chi connectivity index (χ0) is 16.5. The smallest absolute Gasteiger partial charge is 0.142 e. The molecule has 1 aliphatic heterocycles. The molecule has 0 unspecified atom stereocenters. The molecular formula is C18H21BN4S. The Morgan fingerprint density at radius 3 is 2.42 bits per heavy atom. The minimum Gasteiger partial charge on any atom is -0.368 e. The van der Waals surface area contributed by atoms with Crippen LogP contribution in [0.25, 0.3) is 11.0 Å². The molecule has 1 N–H and O–H groups in total. The number of benzene rings is 1. The van der Waals surface area contributed by atoms with Crippen molar-refractivity contribution in [2.24, 2.45) is 0 Å². The van der Waals surface area contributed by atoms with Crippen LogP contribution in [0.2, 0.25) is 0 Å². The standard InChI is InChI=1S/C18H21BN4S/c1-24-14-4-2-13(3-5-14)22-8-10-23(11-9-22)17-7-6-15-16(19)12-20-18(15)21-17/h2-7,12H,8-11,19H2,1H3,(H,20,21). The fourth-order valence-electron chi connectivity index (χ4n) is 3.29. The maximum atomic E-state index is 4.79. The molecule has 1 saturated heterocycles. The zero-order valence-electron chi connectivity index (χ0n) is 14.1. The molecule has 3 aromatic rings. The van der Waals surface area contributed by atoms with Crippen LogP contribution in [0.4, 0.5) is 11.5 Å². The predicted molar refractivity (Wildman–Crippen MR) is 107 cm³/mol. The van der Waals surface area contributed by atoms with Crippen LogP contribution < -0.4 is 15.3 Å². The predicted octanol–water partition coefficient (Wildman–Crippen LogP) is 1.87. The number of aromatic amines is 1. The van der Waals surface area contributed by atoms with Crippen LogP contribution in [0.15, 0.2) is 47.5 Å². The third kappa shape index (κ3) is 2.86. The molecule has 0 saturated carbocycles. The zero-order valence-corrected chi connectivity index (χ0v) is 14.9. The van der Waals surface area contributed by atoms with Crippen LogP contribution in [0.1, 0.15) is 0 Å². The Kier molecular flexibility index (Phi) is 4.14. The number of hydrogen-bond donors (Lipinski definition) is 1. The van der Waals surface area contributed by atoms with Crippen molar-refractivity contribution in [3.8, 4) is 0 Å². The fraction of sp³-hybridized carbons (Fsp3) is 0.278. The lowest BCUT2D eigenvalue weighted by Crippen LogP contribution is -2.46. The van der Waals surface area contributed by atoms with Gasteiger partial charge in [0.2, 0.25) is 0 Å². The monoisotopic (exact) mass is 336 g/mol. The van der Waals surface area contributed by atoms with Crippen molar-refractivity contribution in [1.29, 1.82) is 0 Å². The Morgan fingerprint density at radius 2 is 1.71 bits per heavy atom. The first-order valence-electron chi connectivity index (χ1n) is 8.33. The van der Waals surface area contributed by atoms with Crippen LogP contribution in [0.3, 0.4) is 0 Å². The summed E-state index contributed by atoms with van der Waals surface area (Å²) in [4.78, 5) is 14.2. The van der Waals surface area contributed by atoms with Gasteiger partial charge in [-0.2, -0.15) is 0 Å². The number of thioether (sulfide) groups is 1. The number of fused-ring (bicyclic) bond motifs is 1. The average molecular weight is 336 g/mol. The molecule has 6 heteroatoms. The van der Waals surface area contributed by atoms with Crippen LogP contribution in [-0.2, 0) is 0 Å². The SMILES string of the molecule is Bc1c[nH]c2nc(N3CCN(c4ccc(SC)cc4)CC3)ccc12. The molecule has 2 aromatic heterocycles. The largest absolute Gasteiger partial charge is 0.368 e. The first kappa shape index (κ1) is 15.5. The normalized spacial score (nSPS) is 15.2. The Balaban J connectivity index is 1.46. The summed E-state index contributed by atoms with van der Waals surface area (Å²) in [5, 5.41) is 1.21. The third-order valence-electron chi connectivity index (χ3n) is 4.77. The average Bonchev–Trinajstić information content (AvgIpc) is 3.02. The second-order valence-electron chi connectivity index (χ2n) is 6.21. The summed E-state index contributed by atoms with van der Waals surface area (Å²) in [6, 6.07) is 13.2. The summed E-state index contributed by atoms with van der Waals surface area (Å²) >= 11 is 1.79. The van der Waals surface area contributed by atoms with Gasteiger partial charge in [0, 0.05) is 42.1 Å². The van der Waals surface area contributed by atoms with E-state index in [2.05, 4.69) is 65.3 Å². The van der Waals surface area contributed by atoms with E-state index in [-0.39, 0.29) is 0 Å². The molecule has 1 fully saturated rings. The number of H-pyrrole nitrogens is 1. The van der Waals surface area contributed by atoms with Crippen LogP contribution in [0, 0.1) is 0 Å². The van der Waals surface area contributed by atoms with Gasteiger partial charge in [-0.3, -0.25) is 0 Å². The van der Waals surface area contributed by atoms with Crippen LogP contribution in [0.5, 0.6) is 0 Å². The van der Waals surface area contributed by atoms with E-state index >= 15 is 0 Å². The van der Waals surface area contributed by atoms with E-state index in [1.807, 2.05) is 6.20 Å². The summed E-state index contributed by atoms with van der Waals surface area (Å²) in [6.45, 7) is 4.06. The summed E-state index contributed by atoms with van der Waals surface area (Å²) in [7, 11) is 2.11. The number of nitrogens with one attached hydrogen (secondary N) is 1. The van der Waals surface area contributed by atoms with Crippen molar-refractivity contribution < 1.29 is 0 Å². The van der Waals surface area contributed by atoms with Crippen molar-refractivity contribution in [3.63, 3.8) is 0 Å². The Bertz CT molecular complexity index is 838. The van der Waals surface area contributed by atoms with Crippen molar-refractivity contribution in [2.45, 2.75) is 4.90 Å². The van der Waals surface area contributed by atoms with Crippen molar-refractivity contribution in [2.75, 3.05) is 42.2 Å². The maximum Gasteiger partial charge on any atom is 0.142 e. The van der Waals surface area contributed by atoms with Gasteiger partial charge in [0.15, 0.2) is 0 Å². The molecule has 0 amide bonds. The fourth-order valence-corrected chi connectivity index (χ4v) is 3.70. The van der Waals surface area contributed by atoms with Gasteiger partial charge in [0.05, 0.1) is 0 Å². The quantitative estimate of drug-likeness (QED) is 0.585. The number of pyridine rings is 1. The molecule has 122 valence electrons. The van der Waals surface area contributed by atoms with Crippen molar-refractivity contribution in [1.82, 2.24) is 9.97 Å². The van der Waals surface area contributed by atoms with Gasteiger partial charge in [0.25, 0.3) is 0 Å². The van der Waals surface area contributed by atoms with Gasteiger partial charge in [-0.05, 0) is 48.9 Å². The maximum absolute atomic E-state index is 4.79. The van der Waals surface area contributed by atoms with E-state index in [4.69, 9.17) is 4.98 Å². The highest BCUT2D eigenvalue weighted by Gasteiger charge is 2.18. The van der Waals surface area contributed by atoms with Gasteiger partial charge in [-0.15, -0.1) is 11.8 Å². The molecule has 4 nitrogen and oxygen atoms in total. The Labute approximate surface area is 147 Å². The number of hydrogen-bond acceptors (Lipinski definition) is 4. The second kappa shape index (κ2) is 6.44. The summed E-state index contributed by atoms with van der Waals surface area (Å²) in [6.07, 6.45) is 4.14. The van der Waals surface area contributed by atoms with Gasteiger partial charge >= 0.3 is 0 Å². The molecule has 0 bridgehead atoms. The molecule has 0 radical (unpaired) electrons. The molecule has 0 spiro atoms. The number of rotatable bonds is 3. The molecule has 4 rings (SSSR count). The minimum atomic E-state index is 0.986. The second-order valence-corrected chi connectivity index (χ2v) is 7.09. The molecule has 0 aliphatic carbocycles. The highest BCUT2D eigenvalue weighted by atomic mass is 32.2. The number of anilines is 2. The van der Waals surface area contributed by atoms with E-state index in [9.17, 15) is 0 Å². The number of piperazine rings is 1. The molecule has 1 aromatic carbocycles. The van der Waals surface area contributed by atoms with E-state index in [0.717, 1.165) is 37.6 Å². The van der Waals surface area contributed by atoms with Gasteiger partial charge in [0.1, 0.15) is 19.3 Å². The van der Waals surface area contributed by atoms with E-state index < -0.39 is 0 Å². The topological polar surface area (TPSA) is 35.2 Å². The summed E-state index contributed by atoms with van der Waals surface area (Å²) < 4.78 is 0. The van der Waals surface area contributed by atoms with Crippen LogP contribution >= 0.6 is 11.8 Å². The molecular weight excluding hydrogens is 315 g/mol. The third-order valence-corrected chi connectivity index (χ3v) is 5.52. The molecule has 1 aliphatic rings. The number of nitrogens with zero attached hydrogens (tertiary/aromatic N) is 3. The van der Waals surface area contributed by atoms with Crippen molar-refractivity contribution >= 4 is 47.6 Å². The first-order valence-corrected chi connectivity index (χ1v) is 9.56. The Hall–Kier alpha value is -2.08. The molecule has 0 atom stereocenters. The lowest BCUT2D eigenvalue weighted by atomic mass is 9.97. The van der Waals surface area contributed by atoms with Crippen LogP contribution in [-0.4, -0.2) is 50.2 Å². The van der Waals surface area contributed by atoms with Gasteiger partial charge in [-0.25, -0.2) is 4.98 Å².